The first-order valence-electron chi connectivity index (χ1n) is 6.47. The lowest BCUT2D eigenvalue weighted by atomic mass is 10.1. The Labute approximate surface area is 118 Å². The van der Waals surface area contributed by atoms with Gasteiger partial charge in [-0.15, -0.1) is 11.3 Å². The van der Waals surface area contributed by atoms with Crippen LogP contribution < -0.4 is 0 Å². The maximum atomic E-state index is 10.1. The molecule has 2 aromatic rings. The summed E-state index contributed by atoms with van der Waals surface area (Å²) in [6, 6.07) is 9.83. The number of aliphatic hydroxyl groups excluding tert-OH is 1. The van der Waals surface area contributed by atoms with Crippen LogP contribution in [-0.4, -0.2) is 28.6 Å². The SMILES string of the molecule is Cc1ncsc1CN(C)CCC(O)c1ccccc1. The first kappa shape index (κ1) is 14.2. The number of aliphatic hydroxyl groups is 1. The highest BCUT2D eigenvalue weighted by Gasteiger charge is 2.10. The number of thiazole rings is 1. The maximum Gasteiger partial charge on any atom is 0.0802 e. The average molecular weight is 276 g/mol. The Kier molecular flexibility index (Phi) is 5.07. The van der Waals surface area contributed by atoms with Gasteiger partial charge in [-0.1, -0.05) is 30.3 Å². The molecule has 1 N–H and O–H groups in total. The molecule has 1 aromatic heterocycles. The summed E-state index contributed by atoms with van der Waals surface area (Å²) in [5.41, 5.74) is 3.99. The standard InChI is InChI=1S/C15H20N2OS/c1-12-15(19-11-16-12)10-17(2)9-8-14(18)13-6-4-3-5-7-13/h3-7,11,14,18H,8-10H2,1-2H3. The van der Waals surface area contributed by atoms with Gasteiger partial charge in [0, 0.05) is 18.0 Å². The molecule has 0 aliphatic carbocycles. The molecular formula is C15H20N2OS. The zero-order valence-corrected chi connectivity index (χ0v) is 12.2. The van der Waals surface area contributed by atoms with Crippen molar-refractivity contribution in [2.24, 2.45) is 0 Å². The van der Waals surface area contributed by atoms with Gasteiger partial charge in [0.25, 0.3) is 0 Å². The van der Waals surface area contributed by atoms with Gasteiger partial charge in [0.15, 0.2) is 0 Å². The molecule has 19 heavy (non-hydrogen) atoms. The number of hydrogen-bond donors (Lipinski definition) is 1. The summed E-state index contributed by atoms with van der Waals surface area (Å²) in [6.45, 7) is 3.81. The minimum Gasteiger partial charge on any atom is -0.388 e. The monoisotopic (exact) mass is 276 g/mol. The molecule has 3 nitrogen and oxygen atoms in total. The fourth-order valence-electron chi connectivity index (χ4n) is 1.99. The predicted octanol–water partition coefficient (Wildman–Crippen LogP) is 3.01. The lowest BCUT2D eigenvalue weighted by molar-refractivity contribution is 0.148. The van der Waals surface area contributed by atoms with E-state index in [4.69, 9.17) is 0 Å². The van der Waals surface area contributed by atoms with Crippen LogP contribution in [0.4, 0.5) is 0 Å². The van der Waals surface area contributed by atoms with Crippen molar-refractivity contribution < 1.29 is 5.11 Å². The molecule has 1 heterocycles. The van der Waals surface area contributed by atoms with Crippen molar-refractivity contribution in [2.45, 2.75) is 26.0 Å². The molecule has 1 aromatic carbocycles. The Balaban J connectivity index is 1.81. The van der Waals surface area contributed by atoms with Crippen molar-refractivity contribution in [3.8, 4) is 0 Å². The third-order valence-corrected chi connectivity index (χ3v) is 4.15. The van der Waals surface area contributed by atoms with Crippen LogP contribution in [0, 0.1) is 6.92 Å². The number of rotatable bonds is 6. The molecule has 0 amide bonds. The van der Waals surface area contributed by atoms with Gasteiger partial charge < -0.3 is 10.0 Å². The largest absolute Gasteiger partial charge is 0.388 e. The van der Waals surface area contributed by atoms with Gasteiger partial charge in [-0.3, -0.25) is 0 Å². The van der Waals surface area contributed by atoms with Gasteiger partial charge in [0.2, 0.25) is 0 Å². The minimum atomic E-state index is -0.383. The Morgan fingerprint density at radius 2 is 2.05 bits per heavy atom. The van der Waals surface area contributed by atoms with Crippen LogP contribution in [0.2, 0.25) is 0 Å². The molecule has 0 radical (unpaired) electrons. The third-order valence-electron chi connectivity index (χ3n) is 3.23. The van der Waals surface area contributed by atoms with Gasteiger partial charge in [-0.2, -0.15) is 0 Å². The maximum absolute atomic E-state index is 10.1. The Morgan fingerprint density at radius 1 is 1.32 bits per heavy atom. The van der Waals surface area contributed by atoms with Gasteiger partial charge in [-0.05, 0) is 26.0 Å². The van der Waals surface area contributed by atoms with Crippen molar-refractivity contribution in [3.05, 3.63) is 52.0 Å². The van der Waals surface area contributed by atoms with Gasteiger partial charge in [0.1, 0.15) is 0 Å². The van der Waals surface area contributed by atoms with Crippen molar-refractivity contribution in [1.29, 1.82) is 0 Å². The van der Waals surface area contributed by atoms with E-state index in [2.05, 4.69) is 16.9 Å². The highest BCUT2D eigenvalue weighted by molar-refractivity contribution is 7.09. The smallest absolute Gasteiger partial charge is 0.0802 e. The molecule has 0 aliphatic rings. The van der Waals surface area contributed by atoms with E-state index < -0.39 is 0 Å². The topological polar surface area (TPSA) is 36.4 Å². The fourth-order valence-corrected chi connectivity index (χ4v) is 2.84. The van der Waals surface area contributed by atoms with E-state index in [-0.39, 0.29) is 6.10 Å². The molecule has 1 unspecified atom stereocenters. The van der Waals surface area contributed by atoms with Crippen molar-refractivity contribution in [1.82, 2.24) is 9.88 Å². The number of aryl methyl sites for hydroxylation is 1. The first-order valence-corrected chi connectivity index (χ1v) is 7.35. The highest BCUT2D eigenvalue weighted by atomic mass is 32.1. The summed E-state index contributed by atoms with van der Waals surface area (Å²) in [7, 11) is 2.08. The summed E-state index contributed by atoms with van der Waals surface area (Å²) < 4.78 is 0. The van der Waals surface area contributed by atoms with Crippen molar-refractivity contribution in [3.63, 3.8) is 0 Å². The quantitative estimate of drug-likeness (QED) is 0.881. The lowest BCUT2D eigenvalue weighted by Gasteiger charge is -2.18. The fraction of sp³-hybridized carbons (Fsp3) is 0.400. The first-order chi connectivity index (χ1) is 9.16. The van der Waals surface area contributed by atoms with Gasteiger partial charge in [0.05, 0.1) is 17.3 Å². The van der Waals surface area contributed by atoms with Crippen molar-refractivity contribution in [2.75, 3.05) is 13.6 Å². The van der Waals surface area contributed by atoms with Crippen LogP contribution in [-0.2, 0) is 6.54 Å². The molecule has 0 spiro atoms. The van der Waals surface area contributed by atoms with E-state index in [1.165, 1.54) is 4.88 Å². The summed E-state index contributed by atoms with van der Waals surface area (Å²) in [6.07, 6.45) is 0.365. The number of aromatic nitrogens is 1. The zero-order valence-electron chi connectivity index (χ0n) is 11.4. The molecule has 4 heteroatoms. The second-order valence-corrected chi connectivity index (χ2v) is 5.75. The summed E-state index contributed by atoms with van der Waals surface area (Å²) in [5, 5.41) is 10.1. The highest BCUT2D eigenvalue weighted by Crippen LogP contribution is 2.18. The molecule has 0 fully saturated rings. The van der Waals surface area contributed by atoms with Crippen LogP contribution in [0.25, 0.3) is 0 Å². The van der Waals surface area contributed by atoms with E-state index in [9.17, 15) is 5.11 Å². The third kappa shape index (κ3) is 4.13. The Hall–Kier alpha value is -1.23. The van der Waals surface area contributed by atoms with Gasteiger partial charge >= 0.3 is 0 Å². The number of benzene rings is 1. The van der Waals surface area contributed by atoms with Crippen LogP contribution in [0.5, 0.6) is 0 Å². The number of hydrogen-bond acceptors (Lipinski definition) is 4. The van der Waals surface area contributed by atoms with Crippen LogP contribution >= 0.6 is 11.3 Å². The predicted molar refractivity (Wildman–Crippen MR) is 79.2 cm³/mol. The van der Waals surface area contributed by atoms with E-state index in [1.807, 2.05) is 42.8 Å². The zero-order chi connectivity index (χ0) is 13.7. The molecule has 0 saturated carbocycles. The molecule has 1 atom stereocenters. The van der Waals surface area contributed by atoms with E-state index in [0.29, 0.717) is 0 Å². The van der Waals surface area contributed by atoms with E-state index >= 15 is 0 Å². The Bertz CT molecular complexity index is 498. The van der Waals surface area contributed by atoms with Gasteiger partial charge in [-0.25, -0.2) is 4.98 Å². The lowest BCUT2D eigenvalue weighted by Crippen LogP contribution is -2.20. The van der Waals surface area contributed by atoms with Crippen LogP contribution in [0.15, 0.2) is 35.8 Å². The molecule has 0 bridgehead atoms. The minimum absolute atomic E-state index is 0.383. The van der Waals surface area contributed by atoms with Crippen LogP contribution in [0.1, 0.15) is 28.7 Å². The van der Waals surface area contributed by atoms with Crippen LogP contribution in [0.3, 0.4) is 0 Å². The van der Waals surface area contributed by atoms with E-state index in [0.717, 1.165) is 30.8 Å². The molecule has 2 rings (SSSR count). The molecule has 102 valence electrons. The summed E-state index contributed by atoms with van der Waals surface area (Å²) in [4.78, 5) is 7.79. The van der Waals surface area contributed by atoms with Crippen molar-refractivity contribution >= 4 is 11.3 Å². The summed E-state index contributed by atoms with van der Waals surface area (Å²) in [5.74, 6) is 0. The average Bonchev–Trinajstić information content (AvgIpc) is 2.82. The second-order valence-electron chi connectivity index (χ2n) is 4.81. The molecule has 0 saturated heterocycles. The Morgan fingerprint density at radius 3 is 2.68 bits per heavy atom. The summed E-state index contributed by atoms with van der Waals surface area (Å²) >= 11 is 1.69. The second kappa shape index (κ2) is 6.80. The number of nitrogens with zero attached hydrogens (tertiary/aromatic N) is 2. The van der Waals surface area contributed by atoms with E-state index in [1.54, 1.807) is 11.3 Å². The normalized spacial score (nSPS) is 12.8. The molecule has 0 aliphatic heterocycles. The molecular weight excluding hydrogens is 256 g/mol.